The number of nitrogens with one attached hydrogen (secondary N) is 1. The number of aryl methyl sites for hydroxylation is 2. The summed E-state index contributed by atoms with van der Waals surface area (Å²) >= 11 is 1.38. The molecular weight excluding hydrogens is 348 g/mol. The Bertz CT molecular complexity index is 901. The van der Waals surface area contributed by atoms with Crippen molar-refractivity contribution in [2.24, 2.45) is 0 Å². The quantitative estimate of drug-likeness (QED) is 0.646. The van der Waals surface area contributed by atoms with Gasteiger partial charge in [0.05, 0.1) is 5.75 Å². The molecule has 0 aliphatic heterocycles. The Kier molecular flexibility index (Phi) is 5.72. The summed E-state index contributed by atoms with van der Waals surface area (Å²) in [4.78, 5) is 12.3. The van der Waals surface area contributed by atoms with Crippen LogP contribution in [0, 0.1) is 6.92 Å². The van der Waals surface area contributed by atoms with E-state index in [1.807, 2.05) is 66.5 Å². The van der Waals surface area contributed by atoms with Crippen LogP contribution in [0.1, 0.15) is 19.4 Å². The molecule has 2 heterocycles. The molecule has 8 heteroatoms. The minimum Gasteiger partial charge on any atom is -0.325 e. The third kappa shape index (κ3) is 3.96. The molecule has 0 fully saturated rings. The zero-order chi connectivity index (χ0) is 18.5. The first-order valence-corrected chi connectivity index (χ1v) is 9.56. The van der Waals surface area contributed by atoms with Gasteiger partial charge in [-0.1, -0.05) is 30.0 Å². The van der Waals surface area contributed by atoms with E-state index in [9.17, 15) is 4.79 Å². The van der Waals surface area contributed by atoms with E-state index in [-0.39, 0.29) is 11.7 Å². The summed E-state index contributed by atoms with van der Waals surface area (Å²) < 4.78 is 3.83. The van der Waals surface area contributed by atoms with Crippen molar-refractivity contribution in [2.75, 3.05) is 11.1 Å². The molecule has 3 rings (SSSR count). The van der Waals surface area contributed by atoms with E-state index in [0.717, 1.165) is 29.3 Å². The Hall–Kier alpha value is -2.61. The zero-order valence-corrected chi connectivity index (χ0v) is 16.0. The van der Waals surface area contributed by atoms with Crippen LogP contribution in [-0.4, -0.2) is 36.2 Å². The number of hydrogen-bond donors (Lipinski definition) is 1. The molecule has 3 aromatic rings. The van der Waals surface area contributed by atoms with Gasteiger partial charge in [0.25, 0.3) is 0 Å². The molecule has 0 aliphatic rings. The molecule has 0 bridgehead atoms. The molecule has 1 N–H and O–H groups in total. The van der Waals surface area contributed by atoms with E-state index in [4.69, 9.17) is 0 Å². The maximum Gasteiger partial charge on any atom is 0.234 e. The van der Waals surface area contributed by atoms with Crippen LogP contribution in [0.15, 0.2) is 41.7 Å². The summed E-state index contributed by atoms with van der Waals surface area (Å²) in [6.07, 6.45) is 1.92. The van der Waals surface area contributed by atoms with Gasteiger partial charge in [-0.15, -0.1) is 10.2 Å². The Morgan fingerprint density at radius 3 is 2.65 bits per heavy atom. The van der Waals surface area contributed by atoms with Crippen molar-refractivity contribution in [3.8, 4) is 11.5 Å². The number of carbonyl (C=O) groups is 1. The predicted octanol–water partition coefficient (Wildman–Crippen LogP) is 3.22. The molecular formula is C18H22N6OS. The number of rotatable bonds is 7. The molecule has 0 spiro atoms. The number of aromatic nitrogens is 5. The van der Waals surface area contributed by atoms with Crippen LogP contribution in [0.5, 0.6) is 0 Å². The van der Waals surface area contributed by atoms with Crippen molar-refractivity contribution < 1.29 is 4.79 Å². The summed E-state index contributed by atoms with van der Waals surface area (Å²) in [5.41, 5.74) is 2.66. The van der Waals surface area contributed by atoms with Crippen LogP contribution >= 0.6 is 11.8 Å². The first-order chi connectivity index (χ1) is 12.6. The van der Waals surface area contributed by atoms with Gasteiger partial charge in [0.1, 0.15) is 5.69 Å². The zero-order valence-electron chi connectivity index (χ0n) is 15.1. The van der Waals surface area contributed by atoms with Crippen LogP contribution in [0.3, 0.4) is 0 Å². The smallest absolute Gasteiger partial charge is 0.234 e. The van der Waals surface area contributed by atoms with E-state index >= 15 is 0 Å². The Morgan fingerprint density at radius 1 is 1.15 bits per heavy atom. The lowest BCUT2D eigenvalue weighted by Crippen LogP contribution is -2.15. The van der Waals surface area contributed by atoms with Crippen LogP contribution in [0.4, 0.5) is 5.69 Å². The number of thioether (sulfide) groups is 1. The lowest BCUT2D eigenvalue weighted by atomic mass is 10.2. The van der Waals surface area contributed by atoms with Crippen molar-refractivity contribution in [2.45, 2.75) is 39.0 Å². The highest BCUT2D eigenvalue weighted by atomic mass is 32.2. The maximum absolute atomic E-state index is 12.3. The van der Waals surface area contributed by atoms with Crippen molar-refractivity contribution in [3.63, 3.8) is 0 Å². The molecule has 0 saturated heterocycles. The van der Waals surface area contributed by atoms with Gasteiger partial charge in [0, 0.05) is 25.0 Å². The first-order valence-electron chi connectivity index (χ1n) is 8.57. The molecule has 1 amide bonds. The van der Waals surface area contributed by atoms with Gasteiger partial charge in [0.2, 0.25) is 5.91 Å². The van der Waals surface area contributed by atoms with Gasteiger partial charge in [-0.2, -0.15) is 5.10 Å². The number of amides is 1. The molecule has 7 nitrogen and oxygen atoms in total. The van der Waals surface area contributed by atoms with Gasteiger partial charge in [0.15, 0.2) is 11.0 Å². The molecule has 136 valence electrons. The molecule has 0 radical (unpaired) electrons. The Labute approximate surface area is 156 Å². The Morgan fingerprint density at radius 2 is 1.96 bits per heavy atom. The minimum absolute atomic E-state index is 0.0632. The number of hydrogen-bond acceptors (Lipinski definition) is 5. The second kappa shape index (κ2) is 8.18. The highest BCUT2D eigenvalue weighted by molar-refractivity contribution is 7.99. The van der Waals surface area contributed by atoms with Gasteiger partial charge >= 0.3 is 0 Å². The monoisotopic (exact) mass is 370 g/mol. The summed E-state index contributed by atoms with van der Waals surface area (Å²) in [5.74, 6) is 0.934. The second-order valence-corrected chi connectivity index (χ2v) is 6.70. The largest absolute Gasteiger partial charge is 0.325 e. The number of carbonyl (C=O) groups excluding carboxylic acids is 1. The van der Waals surface area contributed by atoms with Gasteiger partial charge in [-0.3, -0.25) is 9.48 Å². The van der Waals surface area contributed by atoms with E-state index in [1.54, 1.807) is 0 Å². The first kappa shape index (κ1) is 18.2. The number of para-hydroxylation sites is 1. The summed E-state index contributed by atoms with van der Waals surface area (Å²) in [6, 6.07) is 9.65. The Balaban J connectivity index is 1.68. The average molecular weight is 370 g/mol. The van der Waals surface area contributed by atoms with E-state index < -0.39 is 0 Å². The number of nitrogens with zero attached hydrogens (tertiary/aromatic N) is 5. The summed E-state index contributed by atoms with van der Waals surface area (Å²) in [6.45, 7) is 7.55. The molecule has 0 aliphatic carbocycles. The van der Waals surface area contributed by atoms with E-state index in [2.05, 4.69) is 20.6 Å². The van der Waals surface area contributed by atoms with Crippen LogP contribution in [0.25, 0.3) is 11.5 Å². The standard InChI is InChI=1S/C18H22N6OS/c1-4-23-11-10-15(22-23)17-20-21-18(24(17)5-2)26-12-16(25)19-14-9-7-6-8-13(14)3/h6-11H,4-5,12H2,1-3H3,(H,19,25). The fraction of sp³-hybridized carbons (Fsp3) is 0.333. The van der Waals surface area contributed by atoms with Crippen molar-refractivity contribution >= 4 is 23.4 Å². The highest BCUT2D eigenvalue weighted by Crippen LogP contribution is 2.23. The van der Waals surface area contributed by atoms with Crippen LogP contribution in [0.2, 0.25) is 0 Å². The fourth-order valence-corrected chi connectivity index (χ4v) is 3.36. The fourth-order valence-electron chi connectivity index (χ4n) is 2.56. The predicted molar refractivity (Wildman–Crippen MR) is 103 cm³/mol. The molecule has 0 unspecified atom stereocenters. The minimum atomic E-state index is -0.0632. The summed E-state index contributed by atoms with van der Waals surface area (Å²) in [7, 11) is 0. The summed E-state index contributed by atoms with van der Waals surface area (Å²) in [5, 5.41) is 16.6. The van der Waals surface area contributed by atoms with E-state index in [0.29, 0.717) is 11.7 Å². The van der Waals surface area contributed by atoms with Gasteiger partial charge < -0.3 is 9.88 Å². The lowest BCUT2D eigenvalue weighted by molar-refractivity contribution is -0.113. The number of anilines is 1. The molecule has 26 heavy (non-hydrogen) atoms. The maximum atomic E-state index is 12.3. The average Bonchev–Trinajstić information content (AvgIpc) is 3.27. The van der Waals surface area contributed by atoms with Crippen molar-refractivity contribution in [1.82, 2.24) is 24.5 Å². The van der Waals surface area contributed by atoms with Crippen molar-refractivity contribution in [3.05, 3.63) is 42.1 Å². The second-order valence-electron chi connectivity index (χ2n) is 5.76. The molecule has 1 aromatic carbocycles. The van der Waals surface area contributed by atoms with Gasteiger partial charge in [-0.25, -0.2) is 0 Å². The van der Waals surface area contributed by atoms with E-state index in [1.165, 1.54) is 11.8 Å². The third-order valence-corrected chi connectivity index (χ3v) is 4.95. The molecule has 0 saturated carbocycles. The molecule has 0 atom stereocenters. The SMILES string of the molecule is CCn1ccc(-c2nnc(SCC(=O)Nc3ccccc3C)n2CC)n1. The lowest BCUT2D eigenvalue weighted by Gasteiger charge is -2.08. The normalized spacial score (nSPS) is 10.9. The number of benzene rings is 1. The highest BCUT2D eigenvalue weighted by Gasteiger charge is 2.16. The van der Waals surface area contributed by atoms with Gasteiger partial charge in [-0.05, 0) is 38.5 Å². The molecule has 2 aromatic heterocycles. The van der Waals surface area contributed by atoms with Crippen LogP contribution < -0.4 is 5.32 Å². The third-order valence-electron chi connectivity index (χ3n) is 3.98. The topological polar surface area (TPSA) is 77.6 Å². The van der Waals surface area contributed by atoms with Crippen molar-refractivity contribution in [1.29, 1.82) is 0 Å². The van der Waals surface area contributed by atoms with Crippen LogP contribution in [-0.2, 0) is 17.9 Å².